The number of hydrogen-bond acceptors (Lipinski definition) is 4. The van der Waals surface area contributed by atoms with Gasteiger partial charge in [-0.1, -0.05) is 6.92 Å². The van der Waals surface area contributed by atoms with Gasteiger partial charge in [0.15, 0.2) is 5.82 Å². The highest BCUT2D eigenvalue weighted by Gasteiger charge is 2.11. The molecule has 0 aliphatic heterocycles. The Labute approximate surface area is 104 Å². The van der Waals surface area contributed by atoms with Crippen LogP contribution in [0.4, 0.5) is 10.2 Å². The molecule has 5 heteroatoms. The second kappa shape index (κ2) is 5.23. The van der Waals surface area contributed by atoms with Crippen molar-refractivity contribution in [3.8, 4) is 11.3 Å². The molecule has 0 amide bonds. The van der Waals surface area contributed by atoms with Gasteiger partial charge in [0.1, 0.15) is 11.5 Å². The zero-order valence-electron chi connectivity index (χ0n) is 9.83. The quantitative estimate of drug-likeness (QED) is 0.904. The van der Waals surface area contributed by atoms with E-state index in [9.17, 15) is 4.39 Å². The number of hydrogen-bond donors (Lipinski definition) is 1. The first-order chi connectivity index (χ1) is 8.20. The van der Waals surface area contributed by atoms with Gasteiger partial charge < -0.3 is 5.32 Å². The van der Waals surface area contributed by atoms with Crippen LogP contribution in [0.1, 0.15) is 18.9 Å². The van der Waals surface area contributed by atoms with Crippen molar-refractivity contribution in [1.29, 1.82) is 0 Å². The van der Waals surface area contributed by atoms with Crippen LogP contribution in [0.5, 0.6) is 0 Å². The number of aromatic nitrogens is 2. The predicted octanol–water partition coefficient (Wildman–Crippen LogP) is 3.47. The lowest BCUT2D eigenvalue weighted by atomic mass is 10.1. The third kappa shape index (κ3) is 2.79. The summed E-state index contributed by atoms with van der Waals surface area (Å²) in [6.07, 6.45) is 1.01. The zero-order chi connectivity index (χ0) is 12.3. The van der Waals surface area contributed by atoms with Crippen molar-refractivity contribution in [3.05, 3.63) is 29.6 Å². The van der Waals surface area contributed by atoms with Crippen molar-refractivity contribution in [2.24, 2.45) is 0 Å². The lowest BCUT2D eigenvalue weighted by Gasteiger charge is -2.04. The van der Waals surface area contributed by atoms with E-state index in [-0.39, 0.29) is 5.82 Å². The molecular formula is C12H14FN3S. The molecule has 1 aromatic carbocycles. The minimum absolute atomic E-state index is 0.241. The molecule has 0 saturated heterocycles. The van der Waals surface area contributed by atoms with E-state index in [4.69, 9.17) is 0 Å². The van der Waals surface area contributed by atoms with Gasteiger partial charge in [-0.25, -0.2) is 4.39 Å². The molecule has 1 N–H and O–H groups in total. The Balaban J connectivity index is 2.35. The molecule has 0 radical (unpaired) electrons. The van der Waals surface area contributed by atoms with E-state index >= 15 is 0 Å². The van der Waals surface area contributed by atoms with Crippen molar-refractivity contribution in [2.75, 3.05) is 11.9 Å². The van der Waals surface area contributed by atoms with E-state index in [2.05, 4.69) is 21.0 Å². The molecule has 0 aliphatic rings. The van der Waals surface area contributed by atoms with Crippen LogP contribution in [-0.2, 0) is 0 Å². The van der Waals surface area contributed by atoms with E-state index < -0.39 is 0 Å². The molecule has 0 fully saturated rings. The summed E-state index contributed by atoms with van der Waals surface area (Å²) < 4.78 is 21.7. The maximum atomic E-state index is 13.3. The first kappa shape index (κ1) is 12.0. The summed E-state index contributed by atoms with van der Waals surface area (Å²) in [5, 5.41) is 3.19. The molecule has 0 saturated carbocycles. The Morgan fingerprint density at radius 3 is 2.82 bits per heavy atom. The number of rotatable bonds is 4. The molecule has 0 aliphatic carbocycles. The van der Waals surface area contributed by atoms with Gasteiger partial charge in [0.25, 0.3) is 0 Å². The van der Waals surface area contributed by atoms with E-state index in [1.54, 1.807) is 0 Å². The van der Waals surface area contributed by atoms with E-state index in [1.807, 2.05) is 13.0 Å². The summed E-state index contributed by atoms with van der Waals surface area (Å²) >= 11 is 1.14. The number of benzene rings is 1. The maximum absolute atomic E-state index is 13.3. The highest BCUT2D eigenvalue weighted by Crippen LogP contribution is 2.27. The van der Waals surface area contributed by atoms with Gasteiger partial charge in [0.05, 0.1) is 11.7 Å². The summed E-state index contributed by atoms with van der Waals surface area (Å²) in [7, 11) is 0. The molecule has 90 valence electrons. The van der Waals surface area contributed by atoms with Gasteiger partial charge in [-0.2, -0.15) is 8.75 Å². The van der Waals surface area contributed by atoms with E-state index in [0.29, 0.717) is 0 Å². The normalized spacial score (nSPS) is 10.5. The number of anilines is 1. The molecule has 2 aromatic rings. The van der Waals surface area contributed by atoms with Gasteiger partial charge in [-0.3, -0.25) is 0 Å². The van der Waals surface area contributed by atoms with Crippen molar-refractivity contribution >= 4 is 17.5 Å². The summed E-state index contributed by atoms with van der Waals surface area (Å²) in [6, 6.07) is 4.90. The standard InChI is InChI=1S/C12H14FN3S/c1-3-4-14-12-11(15-17-16-12)9-5-8(2)6-10(13)7-9/h5-7H,3-4H2,1-2H3,(H,14,16). The molecule has 0 unspecified atom stereocenters. The maximum Gasteiger partial charge on any atom is 0.168 e. The SMILES string of the molecule is CCCNc1nsnc1-c1cc(C)cc(F)c1. The van der Waals surface area contributed by atoms with Gasteiger partial charge >= 0.3 is 0 Å². The molecule has 1 heterocycles. The second-order valence-electron chi connectivity index (χ2n) is 3.91. The lowest BCUT2D eigenvalue weighted by molar-refractivity contribution is 0.627. The number of halogens is 1. The van der Waals surface area contributed by atoms with E-state index in [0.717, 1.165) is 47.3 Å². The molecule has 0 atom stereocenters. The largest absolute Gasteiger partial charge is 0.367 e. The predicted molar refractivity (Wildman–Crippen MR) is 68.8 cm³/mol. The number of nitrogens with zero attached hydrogens (tertiary/aromatic N) is 2. The van der Waals surface area contributed by atoms with Crippen LogP contribution in [0.2, 0.25) is 0 Å². The van der Waals surface area contributed by atoms with Crippen LogP contribution < -0.4 is 5.32 Å². The van der Waals surface area contributed by atoms with Gasteiger partial charge in [0, 0.05) is 12.1 Å². The molecule has 3 nitrogen and oxygen atoms in total. The molecular weight excluding hydrogens is 237 g/mol. The van der Waals surface area contributed by atoms with Crippen LogP contribution in [0.25, 0.3) is 11.3 Å². The van der Waals surface area contributed by atoms with Gasteiger partial charge in [-0.05, 0) is 37.1 Å². The van der Waals surface area contributed by atoms with Crippen LogP contribution in [0, 0.1) is 12.7 Å². The molecule has 2 rings (SSSR count). The van der Waals surface area contributed by atoms with Crippen LogP contribution >= 0.6 is 11.7 Å². The van der Waals surface area contributed by atoms with E-state index in [1.165, 1.54) is 12.1 Å². The third-order valence-corrected chi connectivity index (χ3v) is 2.87. The smallest absolute Gasteiger partial charge is 0.168 e. The molecule has 1 aromatic heterocycles. The minimum atomic E-state index is -0.241. The van der Waals surface area contributed by atoms with Gasteiger partial charge in [0.2, 0.25) is 0 Å². The fourth-order valence-electron chi connectivity index (χ4n) is 1.61. The Bertz CT molecular complexity index is 490. The summed E-state index contributed by atoms with van der Waals surface area (Å²) in [4.78, 5) is 0. The van der Waals surface area contributed by atoms with Crippen molar-refractivity contribution in [2.45, 2.75) is 20.3 Å². The topological polar surface area (TPSA) is 37.8 Å². The first-order valence-corrected chi connectivity index (χ1v) is 6.27. The highest BCUT2D eigenvalue weighted by molar-refractivity contribution is 6.99. The van der Waals surface area contributed by atoms with Crippen LogP contribution in [-0.4, -0.2) is 15.3 Å². The van der Waals surface area contributed by atoms with Crippen molar-refractivity contribution in [3.63, 3.8) is 0 Å². The molecule has 0 spiro atoms. The fourth-order valence-corrected chi connectivity index (χ4v) is 2.16. The van der Waals surface area contributed by atoms with Crippen LogP contribution in [0.15, 0.2) is 18.2 Å². The highest BCUT2D eigenvalue weighted by atomic mass is 32.1. The minimum Gasteiger partial charge on any atom is -0.367 e. The Kier molecular flexibility index (Phi) is 3.68. The zero-order valence-corrected chi connectivity index (χ0v) is 10.6. The summed E-state index contributed by atoms with van der Waals surface area (Å²) in [5.41, 5.74) is 2.38. The molecule has 0 bridgehead atoms. The monoisotopic (exact) mass is 251 g/mol. The average molecular weight is 251 g/mol. The first-order valence-electron chi connectivity index (χ1n) is 5.54. The summed E-state index contributed by atoms with van der Waals surface area (Å²) in [6.45, 7) is 4.79. The van der Waals surface area contributed by atoms with Crippen molar-refractivity contribution < 1.29 is 4.39 Å². The second-order valence-corrected chi connectivity index (χ2v) is 4.43. The summed E-state index contributed by atoms with van der Waals surface area (Å²) in [5.74, 6) is 0.497. The Morgan fingerprint density at radius 2 is 2.12 bits per heavy atom. The Hall–Kier alpha value is -1.49. The van der Waals surface area contributed by atoms with Crippen molar-refractivity contribution in [1.82, 2.24) is 8.75 Å². The average Bonchev–Trinajstić information content (AvgIpc) is 2.73. The Morgan fingerprint density at radius 1 is 1.29 bits per heavy atom. The van der Waals surface area contributed by atoms with Crippen LogP contribution in [0.3, 0.4) is 0 Å². The lowest BCUT2D eigenvalue weighted by Crippen LogP contribution is -2.01. The fraction of sp³-hybridized carbons (Fsp3) is 0.333. The van der Waals surface area contributed by atoms with Gasteiger partial charge in [-0.15, -0.1) is 0 Å². The number of nitrogens with one attached hydrogen (secondary N) is 1. The molecule has 17 heavy (non-hydrogen) atoms. The number of aryl methyl sites for hydroxylation is 1. The third-order valence-electron chi connectivity index (χ3n) is 2.35.